The number of ketones is 1. The van der Waals surface area contributed by atoms with Crippen LogP contribution in [0.1, 0.15) is 84.5 Å². The first-order valence-electron chi connectivity index (χ1n) is 13.9. The molecule has 0 aromatic rings. The maximum atomic E-state index is 13.4. The third-order valence-electron chi connectivity index (χ3n) is 10.1. The van der Waals surface area contributed by atoms with Crippen LogP contribution < -0.4 is 11.7 Å². The molecule has 0 aromatic carbocycles. The van der Waals surface area contributed by atoms with Crippen molar-refractivity contribution in [3.8, 4) is 0 Å². The molecule has 4 rings (SSSR count). The van der Waals surface area contributed by atoms with E-state index in [4.69, 9.17) is 11.7 Å². The summed E-state index contributed by atoms with van der Waals surface area (Å²) in [6.07, 6.45) is 14.9. The van der Waals surface area contributed by atoms with E-state index >= 15 is 0 Å². The van der Waals surface area contributed by atoms with Gasteiger partial charge in [-0.1, -0.05) is 39.4 Å². The third kappa shape index (κ3) is 5.29. The highest BCUT2D eigenvalue weighted by Crippen LogP contribution is 2.62. The van der Waals surface area contributed by atoms with Gasteiger partial charge in [0.2, 0.25) is 0 Å². The molecule has 4 fully saturated rings. The van der Waals surface area contributed by atoms with Crippen LogP contribution in [0.2, 0.25) is 6.32 Å². The Morgan fingerprint density at radius 3 is 2.30 bits per heavy atom. The molecule has 0 radical (unpaired) electrons. The summed E-state index contributed by atoms with van der Waals surface area (Å²) in [7, 11) is 2.32. The van der Waals surface area contributed by atoms with E-state index in [-0.39, 0.29) is 23.7 Å². The predicted molar refractivity (Wildman–Crippen MR) is 135 cm³/mol. The van der Waals surface area contributed by atoms with Crippen molar-refractivity contribution in [3.05, 3.63) is 0 Å². The Morgan fingerprint density at radius 1 is 0.970 bits per heavy atom. The van der Waals surface area contributed by atoms with Gasteiger partial charge >= 0.3 is 6.03 Å². The molecule has 0 aliphatic heterocycles. The van der Waals surface area contributed by atoms with Crippen molar-refractivity contribution in [3.63, 3.8) is 0 Å². The molecular formula is C26H47BN4O2. The molecule has 4 aliphatic rings. The summed E-state index contributed by atoms with van der Waals surface area (Å²) >= 11 is 0. The molecule has 5 atom stereocenters. The lowest BCUT2D eigenvalue weighted by molar-refractivity contribution is -0.129. The lowest BCUT2D eigenvalue weighted by atomic mass is 9.53. The van der Waals surface area contributed by atoms with Crippen LogP contribution in [-0.4, -0.2) is 42.8 Å². The quantitative estimate of drug-likeness (QED) is 0.251. The summed E-state index contributed by atoms with van der Waals surface area (Å²) in [5.41, 5.74) is 0.0513. The van der Waals surface area contributed by atoms with Crippen molar-refractivity contribution >= 4 is 19.7 Å². The first kappa shape index (κ1) is 25.0. The van der Waals surface area contributed by atoms with Crippen LogP contribution in [0.25, 0.3) is 0 Å². The number of carbonyl (C=O) groups is 2. The van der Waals surface area contributed by atoms with Crippen molar-refractivity contribution in [2.75, 3.05) is 13.1 Å². The highest BCUT2D eigenvalue weighted by Gasteiger charge is 2.56. The average Bonchev–Trinajstić information content (AvgIpc) is 3.52. The van der Waals surface area contributed by atoms with Gasteiger partial charge in [-0.2, -0.15) is 0 Å². The van der Waals surface area contributed by atoms with Gasteiger partial charge < -0.3 is 0 Å². The van der Waals surface area contributed by atoms with E-state index in [1.807, 2.05) is 0 Å². The fourth-order valence-corrected chi connectivity index (χ4v) is 8.06. The van der Waals surface area contributed by atoms with Crippen LogP contribution in [-0.2, 0) is 4.79 Å². The summed E-state index contributed by atoms with van der Waals surface area (Å²) < 4.78 is 0. The number of amides is 2. The van der Waals surface area contributed by atoms with E-state index in [0.717, 1.165) is 60.8 Å². The molecule has 4 aliphatic carbocycles. The maximum absolute atomic E-state index is 13.4. The van der Waals surface area contributed by atoms with Crippen molar-refractivity contribution in [1.82, 2.24) is 10.0 Å². The zero-order chi connectivity index (χ0) is 23.8. The van der Waals surface area contributed by atoms with Crippen molar-refractivity contribution < 1.29 is 9.59 Å². The largest absolute Gasteiger partial charge is 0.348 e. The Balaban J connectivity index is 1.40. The van der Waals surface area contributed by atoms with Crippen LogP contribution in [0, 0.1) is 46.8 Å². The minimum absolute atomic E-state index is 0.0164. The minimum atomic E-state index is -0.436. The third-order valence-corrected chi connectivity index (χ3v) is 10.1. The van der Waals surface area contributed by atoms with E-state index in [1.165, 1.54) is 49.9 Å². The number of hydrogen-bond acceptors (Lipinski definition) is 4. The van der Waals surface area contributed by atoms with Gasteiger partial charge in [-0.3, -0.25) is 14.8 Å². The molecule has 0 aromatic heterocycles. The number of nitrogens with zero attached hydrogens (tertiary/aromatic N) is 2. The van der Waals surface area contributed by atoms with Gasteiger partial charge in [0.15, 0.2) is 5.78 Å². The molecule has 33 heavy (non-hydrogen) atoms. The van der Waals surface area contributed by atoms with Crippen molar-refractivity contribution in [1.29, 1.82) is 0 Å². The molecule has 6 nitrogen and oxygen atoms in total. The molecule has 0 spiro atoms. The normalized spacial score (nSPS) is 38.5. The predicted octanol–water partition coefficient (Wildman–Crippen LogP) is 3.76. The number of hydrogen-bond donors (Lipinski definition) is 2. The van der Waals surface area contributed by atoms with E-state index in [0.29, 0.717) is 18.4 Å². The first-order valence-corrected chi connectivity index (χ1v) is 13.9. The summed E-state index contributed by atoms with van der Waals surface area (Å²) in [6.45, 7) is 5.29. The number of fused-ring (bicyclic) bond motifs is 1. The molecule has 4 saturated carbocycles. The fourth-order valence-electron chi connectivity index (χ4n) is 8.06. The monoisotopic (exact) mass is 458 g/mol. The van der Waals surface area contributed by atoms with Crippen LogP contribution in [0.15, 0.2) is 0 Å². The first-order chi connectivity index (χ1) is 15.7. The molecule has 4 N–H and O–H groups in total. The Labute approximate surface area is 201 Å². The lowest BCUT2D eigenvalue weighted by Gasteiger charge is -2.51. The van der Waals surface area contributed by atoms with Gasteiger partial charge in [-0.05, 0) is 92.3 Å². The second kappa shape index (κ2) is 10.3. The Hall–Kier alpha value is -1.08. The number of nitrogens with two attached hydrogens (primary N) is 2. The lowest BCUT2D eigenvalue weighted by Crippen LogP contribution is -2.54. The second-order valence-corrected chi connectivity index (χ2v) is 12.4. The van der Waals surface area contributed by atoms with E-state index in [2.05, 4.69) is 21.7 Å². The van der Waals surface area contributed by atoms with Gasteiger partial charge in [-0.15, -0.1) is 0 Å². The highest BCUT2D eigenvalue weighted by molar-refractivity contribution is 6.08. The number of Topliss-reactive ketones (excluding diaryl/α,β-unsaturated/α-hetero) is 1. The Morgan fingerprint density at radius 2 is 1.67 bits per heavy atom. The summed E-state index contributed by atoms with van der Waals surface area (Å²) in [5, 5.41) is 2.25. The van der Waals surface area contributed by atoms with E-state index in [1.54, 1.807) is 0 Å². The standard InChI is InChI=1S/C26H47BN4O2/c1-17-3-7-19(8-4-17)20-11-13-26(2)22(21(20)12-14-27)9-10-23(26)24(32)16-31(29)25(33)30(28)15-18-5-6-18/h17-23H,3-16,27-29H2,1-2H3. The Kier molecular flexibility index (Phi) is 7.79. The van der Waals surface area contributed by atoms with E-state index in [9.17, 15) is 9.59 Å². The molecule has 0 heterocycles. The summed E-state index contributed by atoms with van der Waals surface area (Å²) in [5.74, 6) is 16.6. The summed E-state index contributed by atoms with van der Waals surface area (Å²) in [6, 6.07) is -0.436. The highest BCUT2D eigenvalue weighted by atomic mass is 16.2. The van der Waals surface area contributed by atoms with Crippen molar-refractivity contribution in [2.45, 2.75) is 90.8 Å². The zero-order valence-electron chi connectivity index (χ0n) is 21.3. The number of carbonyl (C=O) groups excluding carboxylic acids is 2. The molecule has 5 unspecified atom stereocenters. The van der Waals surface area contributed by atoms with Crippen LogP contribution in [0.4, 0.5) is 4.79 Å². The second-order valence-electron chi connectivity index (χ2n) is 12.4. The minimum Gasteiger partial charge on any atom is -0.297 e. The van der Waals surface area contributed by atoms with Gasteiger partial charge in [0, 0.05) is 12.5 Å². The number of urea groups is 1. The van der Waals surface area contributed by atoms with Gasteiger partial charge in [0.25, 0.3) is 0 Å². The summed E-state index contributed by atoms with van der Waals surface area (Å²) in [4.78, 5) is 26.0. The molecule has 0 bridgehead atoms. The SMILES string of the molecule is BCCC1C(C2CCC(C)CC2)CCC2(C)C(C(=O)CN(N)C(=O)N(N)CC3CC3)CCC12. The average molecular weight is 459 g/mol. The molecule has 0 saturated heterocycles. The molecular weight excluding hydrogens is 411 g/mol. The van der Waals surface area contributed by atoms with Crippen LogP contribution >= 0.6 is 0 Å². The molecule has 7 heteroatoms. The number of rotatable bonds is 8. The number of hydrazine groups is 2. The van der Waals surface area contributed by atoms with Crippen LogP contribution in [0.3, 0.4) is 0 Å². The smallest absolute Gasteiger partial charge is 0.297 e. The fraction of sp³-hybridized carbons (Fsp3) is 0.923. The van der Waals surface area contributed by atoms with Crippen LogP contribution in [0.5, 0.6) is 0 Å². The van der Waals surface area contributed by atoms with Gasteiger partial charge in [0.05, 0.1) is 6.54 Å². The molecule has 186 valence electrons. The van der Waals surface area contributed by atoms with E-state index < -0.39 is 6.03 Å². The van der Waals surface area contributed by atoms with Gasteiger partial charge in [0.1, 0.15) is 7.85 Å². The van der Waals surface area contributed by atoms with Crippen molar-refractivity contribution in [2.24, 2.45) is 58.5 Å². The zero-order valence-corrected chi connectivity index (χ0v) is 21.3. The molecule has 2 amide bonds. The topological polar surface area (TPSA) is 92.7 Å². The Bertz CT molecular complexity index is 708. The maximum Gasteiger partial charge on any atom is 0.348 e. The van der Waals surface area contributed by atoms with Gasteiger partial charge in [-0.25, -0.2) is 16.5 Å².